The van der Waals surface area contributed by atoms with Crippen LogP contribution in [0.25, 0.3) is 0 Å². The zero-order chi connectivity index (χ0) is 21.9. The molecule has 2 heterocycles. The van der Waals surface area contributed by atoms with E-state index in [2.05, 4.69) is 76.6 Å². The molecule has 0 N–H and O–H groups in total. The normalized spacial score (nSPS) is 39.8. The van der Waals surface area contributed by atoms with Gasteiger partial charge in [0.1, 0.15) is 17.3 Å². The van der Waals surface area contributed by atoms with Gasteiger partial charge in [-0.15, -0.1) is 0 Å². The van der Waals surface area contributed by atoms with Crippen molar-refractivity contribution in [2.75, 3.05) is 13.2 Å². The Hall–Kier alpha value is -1.34. The number of ether oxygens (including phenoxy) is 3. The summed E-state index contributed by atoms with van der Waals surface area (Å²) in [5.74, 6) is 12.5. The average Bonchev–Trinajstić information content (AvgIpc) is 3.05. The van der Waals surface area contributed by atoms with Crippen molar-refractivity contribution >= 4 is 8.32 Å². The van der Waals surface area contributed by atoms with E-state index in [1.807, 2.05) is 19.1 Å². The fourth-order valence-corrected chi connectivity index (χ4v) is 5.74. The lowest BCUT2D eigenvalue weighted by Crippen LogP contribution is -2.52. The molecule has 4 nitrogen and oxygen atoms in total. The first-order valence-corrected chi connectivity index (χ1v) is 13.8. The van der Waals surface area contributed by atoms with Crippen molar-refractivity contribution in [1.29, 1.82) is 0 Å². The predicted octanol–water partition coefficient (Wildman–Crippen LogP) is 4.58. The van der Waals surface area contributed by atoms with Crippen LogP contribution in [0.5, 0.6) is 0 Å². The molecule has 2 bridgehead atoms. The number of rotatable bonds is 4. The van der Waals surface area contributed by atoms with Crippen molar-refractivity contribution in [2.45, 2.75) is 88.7 Å². The number of hydrogen-bond acceptors (Lipinski definition) is 4. The quantitative estimate of drug-likeness (QED) is 0.286. The van der Waals surface area contributed by atoms with E-state index < -0.39 is 25.3 Å². The molecule has 4 aliphatic rings. The highest BCUT2D eigenvalue weighted by Gasteiger charge is 2.77. The maximum absolute atomic E-state index is 6.92. The molecule has 2 fully saturated rings. The lowest BCUT2D eigenvalue weighted by atomic mass is 9.67. The van der Waals surface area contributed by atoms with Crippen LogP contribution in [0.15, 0.2) is 24.3 Å². The first-order chi connectivity index (χ1) is 13.8. The minimum absolute atomic E-state index is 0.0747. The zero-order valence-corrected chi connectivity index (χ0v) is 20.3. The monoisotopic (exact) mass is 426 g/mol. The van der Waals surface area contributed by atoms with E-state index in [4.69, 9.17) is 18.6 Å². The molecule has 1 unspecified atom stereocenters. The summed E-state index contributed by atoms with van der Waals surface area (Å²) in [4.78, 5) is 0. The minimum Gasteiger partial charge on any atom is -0.401 e. The van der Waals surface area contributed by atoms with Crippen molar-refractivity contribution < 1.29 is 18.6 Å². The molecule has 2 aliphatic carbocycles. The Bertz CT molecular complexity index is 899. The van der Waals surface area contributed by atoms with Crippen LogP contribution in [0.2, 0.25) is 18.1 Å². The Kier molecular flexibility index (Phi) is 4.98. The second kappa shape index (κ2) is 6.83. The van der Waals surface area contributed by atoms with Crippen LogP contribution in [-0.4, -0.2) is 44.6 Å². The molecule has 0 aromatic rings. The smallest absolute Gasteiger partial charge is 0.193 e. The van der Waals surface area contributed by atoms with Gasteiger partial charge in [0.05, 0.1) is 13.2 Å². The molecule has 4 atom stereocenters. The van der Waals surface area contributed by atoms with Gasteiger partial charge in [-0.25, -0.2) is 0 Å². The molecular formula is C25H34O4Si. The van der Waals surface area contributed by atoms with Gasteiger partial charge in [0.2, 0.25) is 0 Å². The summed E-state index contributed by atoms with van der Waals surface area (Å²) in [6, 6.07) is 0. The van der Waals surface area contributed by atoms with E-state index in [0.29, 0.717) is 19.6 Å². The topological polar surface area (TPSA) is 40.2 Å². The molecule has 0 saturated carbocycles. The van der Waals surface area contributed by atoms with E-state index in [9.17, 15) is 0 Å². The van der Waals surface area contributed by atoms with Gasteiger partial charge in [-0.3, -0.25) is 0 Å². The van der Waals surface area contributed by atoms with Gasteiger partial charge in [-0.2, -0.15) is 0 Å². The van der Waals surface area contributed by atoms with E-state index >= 15 is 0 Å². The van der Waals surface area contributed by atoms with Gasteiger partial charge in [0.15, 0.2) is 14.1 Å². The van der Waals surface area contributed by atoms with Crippen molar-refractivity contribution in [3.05, 3.63) is 24.3 Å². The van der Waals surface area contributed by atoms with E-state index in [-0.39, 0.29) is 16.6 Å². The zero-order valence-electron chi connectivity index (χ0n) is 19.3. The predicted molar refractivity (Wildman–Crippen MR) is 120 cm³/mol. The third-order valence-corrected chi connectivity index (χ3v) is 11.8. The van der Waals surface area contributed by atoms with E-state index in [1.165, 1.54) is 0 Å². The summed E-state index contributed by atoms with van der Waals surface area (Å²) >= 11 is 0. The molecule has 4 rings (SSSR count). The number of fused-ring (bicyclic) bond motifs is 1. The van der Waals surface area contributed by atoms with Gasteiger partial charge >= 0.3 is 0 Å². The number of epoxide rings is 1. The van der Waals surface area contributed by atoms with E-state index in [1.54, 1.807) is 0 Å². The molecular weight excluding hydrogens is 392 g/mol. The van der Waals surface area contributed by atoms with Crippen LogP contribution in [0.3, 0.4) is 0 Å². The largest absolute Gasteiger partial charge is 0.401 e. The first-order valence-electron chi connectivity index (χ1n) is 10.9. The van der Waals surface area contributed by atoms with Crippen LogP contribution < -0.4 is 0 Å². The van der Waals surface area contributed by atoms with Crippen molar-refractivity contribution in [1.82, 2.24) is 0 Å². The van der Waals surface area contributed by atoms with Gasteiger partial charge < -0.3 is 18.6 Å². The summed E-state index contributed by atoms with van der Waals surface area (Å²) in [5.41, 5.74) is -1.37. The Morgan fingerprint density at radius 3 is 2.40 bits per heavy atom. The fraction of sp³-hybridized carbons (Fsp3) is 0.680. The molecule has 162 valence electrons. The van der Waals surface area contributed by atoms with Crippen LogP contribution >= 0.6 is 0 Å². The maximum Gasteiger partial charge on any atom is 0.193 e. The Labute approximate surface area is 182 Å². The molecule has 0 radical (unpaired) electrons. The van der Waals surface area contributed by atoms with E-state index in [0.717, 1.165) is 6.42 Å². The highest BCUT2D eigenvalue weighted by atomic mass is 28.4. The summed E-state index contributed by atoms with van der Waals surface area (Å²) in [6.07, 6.45) is 9.03. The maximum atomic E-state index is 6.92. The average molecular weight is 427 g/mol. The molecule has 2 aliphatic heterocycles. The van der Waals surface area contributed by atoms with Gasteiger partial charge in [-0.1, -0.05) is 56.6 Å². The van der Waals surface area contributed by atoms with Crippen molar-refractivity contribution in [3.8, 4) is 23.7 Å². The number of hydrogen-bond donors (Lipinski definition) is 0. The van der Waals surface area contributed by atoms with Crippen LogP contribution in [0.4, 0.5) is 0 Å². The second-order valence-corrected chi connectivity index (χ2v) is 15.7. The molecule has 0 aromatic carbocycles. The fourth-order valence-electron chi connectivity index (χ4n) is 4.54. The third kappa shape index (κ3) is 3.62. The summed E-state index contributed by atoms with van der Waals surface area (Å²) in [7, 11) is -2.09. The third-order valence-electron chi connectivity index (χ3n) is 7.34. The summed E-state index contributed by atoms with van der Waals surface area (Å²) in [6.45, 7) is 16.7. The Balaban J connectivity index is 1.76. The lowest BCUT2D eigenvalue weighted by Gasteiger charge is -2.42. The Morgan fingerprint density at radius 2 is 1.73 bits per heavy atom. The highest BCUT2D eigenvalue weighted by molar-refractivity contribution is 6.74. The Morgan fingerprint density at radius 1 is 1.07 bits per heavy atom. The van der Waals surface area contributed by atoms with Crippen LogP contribution in [0, 0.1) is 29.1 Å². The molecule has 0 amide bonds. The molecule has 1 spiro atoms. The number of allylic oxidation sites excluding steroid dienone is 3. The highest BCUT2D eigenvalue weighted by Crippen LogP contribution is 2.64. The minimum atomic E-state index is -2.09. The van der Waals surface area contributed by atoms with Gasteiger partial charge in [-0.05, 0) is 44.1 Å². The van der Waals surface area contributed by atoms with Crippen LogP contribution in [0.1, 0.15) is 47.5 Å². The summed E-state index contributed by atoms with van der Waals surface area (Å²) in [5, 5.41) is 0.0747. The second-order valence-electron chi connectivity index (χ2n) is 11.0. The van der Waals surface area contributed by atoms with Crippen molar-refractivity contribution in [2.24, 2.45) is 5.41 Å². The first kappa shape index (κ1) is 21.9. The van der Waals surface area contributed by atoms with Gasteiger partial charge in [0, 0.05) is 18.3 Å². The van der Waals surface area contributed by atoms with Crippen LogP contribution in [-0.2, 0) is 18.6 Å². The summed E-state index contributed by atoms with van der Waals surface area (Å²) < 4.78 is 25.5. The standard InChI is InChI=1S/C25H34O4Si/c1-21(2,3)30(6,7)28-20-12-10-8-9-11-13-22(4)14-15-24(25(20,18-22)29-24)19-23(5)26-16-17-27-23/h8-9,14-15,20H,16-19H2,1-7H3/b9-8+/t20-,22?,24-,25+/m0/s1. The lowest BCUT2D eigenvalue weighted by molar-refractivity contribution is -0.154. The van der Waals surface area contributed by atoms with Gasteiger partial charge in [0.25, 0.3) is 0 Å². The molecule has 5 heteroatoms. The SMILES string of the molecule is CC12C#C/C=C/C#C[C@H](O[Si](C)(C)C(C)(C)C)[C@@]3(C1)O[C@]3(CC1(C)OCCO1)C=C2. The molecule has 2 saturated heterocycles. The molecule has 30 heavy (non-hydrogen) atoms. The molecule has 0 aromatic heterocycles. The van der Waals surface area contributed by atoms with Crippen molar-refractivity contribution in [3.63, 3.8) is 0 Å².